The number of carbonyl (C=O) groups is 1. The van der Waals surface area contributed by atoms with Gasteiger partial charge >= 0.3 is 18.0 Å². The Morgan fingerprint density at radius 1 is 1.39 bits per heavy atom. The number of hydrogen-bond acceptors (Lipinski definition) is 6. The molecule has 0 unspecified atom stereocenters. The maximum absolute atomic E-state index is 10.6. The molecule has 1 spiro atoms. The van der Waals surface area contributed by atoms with Crippen molar-refractivity contribution in [3.8, 4) is 0 Å². The highest BCUT2D eigenvalue weighted by molar-refractivity contribution is 5.73. The van der Waals surface area contributed by atoms with Crippen molar-refractivity contribution in [3.63, 3.8) is 0 Å². The number of nitrogens with zero attached hydrogens (tertiary/aromatic N) is 3. The summed E-state index contributed by atoms with van der Waals surface area (Å²) in [5.41, 5.74) is 1.44. The highest BCUT2D eigenvalue weighted by Gasteiger charge is 2.47. The standard InChI is InChI=1S/C10H12N4O2.C2HF3O2/c15-14(16)9-2-1-8(3-12-9)13-6-10(7-13)4-11-5-10;3-2(4,5)1(6)7/h1-3,11H,4-7H2;(H,6,7). The first-order valence-corrected chi connectivity index (χ1v) is 6.49. The molecule has 0 atom stereocenters. The summed E-state index contributed by atoms with van der Waals surface area (Å²) < 4.78 is 31.7. The van der Waals surface area contributed by atoms with Crippen molar-refractivity contribution in [1.82, 2.24) is 10.3 Å². The molecule has 0 saturated carbocycles. The molecule has 126 valence electrons. The van der Waals surface area contributed by atoms with Crippen molar-refractivity contribution in [2.24, 2.45) is 5.41 Å². The number of nitro groups is 1. The van der Waals surface area contributed by atoms with Gasteiger partial charge in [-0.05, 0) is 16.0 Å². The average Bonchev–Trinajstić information content (AvgIpc) is 2.35. The summed E-state index contributed by atoms with van der Waals surface area (Å²) in [4.78, 5) is 24.9. The van der Waals surface area contributed by atoms with Gasteiger partial charge in [0.05, 0.1) is 5.69 Å². The largest absolute Gasteiger partial charge is 0.490 e. The summed E-state index contributed by atoms with van der Waals surface area (Å²) in [5.74, 6) is -2.85. The van der Waals surface area contributed by atoms with Gasteiger partial charge in [0, 0.05) is 37.7 Å². The quantitative estimate of drug-likeness (QED) is 0.614. The topological polar surface area (TPSA) is 109 Å². The van der Waals surface area contributed by atoms with Crippen molar-refractivity contribution >= 4 is 17.5 Å². The van der Waals surface area contributed by atoms with Gasteiger partial charge < -0.3 is 25.4 Å². The number of alkyl halides is 3. The first-order valence-electron chi connectivity index (χ1n) is 6.49. The van der Waals surface area contributed by atoms with Gasteiger partial charge in [-0.1, -0.05) is 0 Å². The van der Waals surface area contributed by atoms with Crippen LogP contribution in [-0.2, 0) is 4.79 Å². The number of anilines is 1. The molecule has 0 aromatic carbocycles. The summed E-state index contributed by atoms with van der Waals surface area (Å²) >= 11 is 0. The van der Waals surface area contributed by atoms with E-state index < -0.39 is 17.1 Å². The van der Waals surface area contributed by atoms with Crippen molar-refractivity contribution in [2.45, 2.75) is 6.18 Å². The minimum Gasteiger partial charge on any atom is -0.475 e. The van der Waals surface area contributed by atoms with E-state index in [9.17, 15) is 23.3 Å². The number of aliphatic carboxylic acids is 1. The molecular formula is C12H13F3N4O4. The lowest BCUT2D eigenvalue weighted by Crippen LogP contribution is -2.71. The summed E-state index contributed by atoms with van der Waals surface area (Å²) in [6, 6.07) is 3.23. The highest BCUT2D eigenvalue weighted by atomic mass is 19.4. The molecule has 0 bridgehead atoms. The van der Waals surface area contributed by atoms with E-state index in [-0.39, 0.29) is 5.82 Å². The summed E-state index contributed by atoms with van der Waals surface area (Å²) in [6.45, 7) is 4.23. The van der Waals surface area contributed by atoms with Crippen molar-refractivity contribution in [3.05, 3.63) is 28.4 Å². The van der Waals surface area contributed by atoms with Crippen LogP contribution in [0.15, 0.2) is 18.3 Å². The molecule has 0 amide bonds. The third-order valence-electron chi connectivity index (χ3n) is 3.58. The molecule has 2 aliphatic rings. The third kappa shape index (κ3) is 3.86. The normalized spacial score (nSPS) is 18.3. The Kier molecular flexibility index (Phi) is 4.41. The monoisotopic (exact) mass is 334 g/mol. The predicted octanol–water partition coefficient (Wildman–Crippen LogP) is 1.03. The van der Waals surface area contributed by atoms with E-state index in [1.807, 2.05) is 0 Å². The Morgan fingerprint density at radius 2 is 1.96 bits per heavy atom. The number of carboxylic acids is 1. The number of rotatable bonds is 2. The van der Waals surface area contributed by atoms with E-state index in [4.69, 9.17) is 9.90 Å². The van der Waals surface area contributed by atoms with E-state index >= 15 is 0 Å². The van der Waals surface area contributed by atoms with Crippen LogP contribution in [0.3, 0.4) is 0 Å². The van der Waals surface area contributed by atoms with Crippen LogP contribution in [0.25, 0.3) is 0 Å². The Hall–Kier alpha value is -2.43. The third-order valence-corrected chi connectivity index (χ3v) is 3.58. The van der Waals surface area contributed by atoms with Crippen LogP contribution in [0.4, 0.5) is 24.7 Å². The number of halogens is 3. The molecule has 1 aromatic heterocycles. The molecule has 0 radical (unpaired) electrons. The average molecular weight is 334 g/mol. The molecule has 3 heterocycles. The van der Waals surface area contributed by atoms with Crippen molar-refractivity contribution in [1.29, 1.82) is 0 Å². The van der Waals surface area contributed by atoms with Gasteiger partial charge in [-0.2, -0.15) is 13.2 Å². The van der Waals surface area contributed by atoms with Crippen molar-refractivity contribution < 1.29 is 28.0 Å². The predicted molar refractivity (Wildman–Crippen MR) is 72.1 cm³/mol. The molecule has 23 heavy (non-hydrogen) atoms. The summed E-state index contributed by atoms with van der Waals surface area (Å²) in [7, 11) is 0. The molecule has 1 aromatic rings. The van der Waals surface area contributed by atoms with Crippen LogP contribution in [0.2, 0.25) is 0 Å². The van der Waals surface area contributed by atoms with E-state index in [1.165, 1.54) is 6.07 Å². The fraction of sp³-hybridized carbons (Fsp3) is 0.500. The number of pyridine rings is 1. The van der Waals surface area contributed by atoms with Gasteiger partial charge in [0.25, 0.3) is 0 Å². The number of aromatic nitrogens is 1. The fourth-order valence-corrected chi connectivity index (χ4v) is 2.32. The Bertz CT molecular complexity index is 593. The first-order chi connectivity index (χ1) is 10.6. The maximum atomic E-state index is 10.6. The second kappa shape index (κ2) is 5.99. The van der Waals surface area contributed by atoms with Crippen LogP contribution in [0.5, 0.6) is 0 Å². The molecule has 8 nitrogen and oxygen atoms in total. The van der Waals surface area contributed by atoms with Crippen LogP contribution in [-0.4, -0.2) is 53.3 Å². The van der Waals surface area contributed by atoms with Gasteiger partial charge in [0.1, 0.15) is 0 Å². The smallest absolute Gasteiger partial charge is 0.475 e. The highest BCUT2D eigenvalue weighted by Crippen LogP contribution is 2.37. The van der Waals surface area contributed by atoms with Crippen molar-refractivity contribution in [2.75, 3.05) is 31.1 Å². The molecule has 11 heteroatoms. The molecule has 2 aliphatic heterocycles. The van der Waals surface area contributed by atoms with Crippen LogP contribution in [0, 0.1) is 15.5 Å². The van der Waals surface area contributed by atoms with Gasteiger partial charge in [-0.25, -0.2) is 4.79 Å². The molecule has 2 saturated heterocycles. The molecule has 0 aliphatic carbocycles. The van der Waals surface area contributed by atoms with E-state index in [0.717, 1.165) is 31.9 Å². The zero-order valence-electron chi connectivity index (χ0n) is 11.7. The van der Waals surface area contributed by atoms with Crippen LogP contribution in [0.1, 0.15) is 0 Å². The molecule has 2 fully saturated rings. The first kappa shape index (κ1) is 16.9. The lowest BCUT2D eigenvalue weighted by molar-refractivity contribution is -0.389. The Morgan fingerprint density at radius 3 is 2.26 bits per heavy atom. The van der Waals surface area contributed by atoms with E-state index in [0.29, 0.717) is 5.41 Å². The second-order valence-corrected chi connectivity index (χ2v) is 5.39. The SMILES string of the molecule is O=C(O)C(F)(F)F.O=[N+]([O-])c1ccc(N2CC3(CNC3)C2)cn1. The maximum Gasteiger partial charge on any atom is 0.490 e. The number of hydrogen-bond donors (Lipinski definition) is 2. The molecule has 3 rings (SSSR count). The molecule has 2 N–H and O–H groups in total. The number of nitrogens with one attached hydrogen (secondary N) is 1. The molecular weight excluding hydrogens is 321 g/mol. The van der Waals surface area contributed by atoms with Crippen LogP contribution >= 0.6 is 0 Å². The fourth-order valence-electron chi connectivity index (χ4n) is 2.32. The zero-order valence-corrected chi connectivity index (χ0v) is 11.7. The number of carboxylic acid groups (broad SMARTS) is 1. The minimum absolute atomic E-state index is 0.0932. The lowest BCUT2D eigenvalue weighted by atomic mass is 9.74. The van der Waals surface area contributed by atoms with E-state index in [2.05, 4.69) is 15.2 Å². The zero-order chi connectivity index (χ0) is 17.3. The lowest BCUT2D eigenvalue weighted by Gasteiger charge is -2.56. The van der Waals surface area contributed by atoms with Gasteiger partial charge in [0.15, 0.2) is 6.20 Å². The van der Waals surface area contributed by atoms with Crippen LogP contribution < -0.4 is 10.2 Å². The summed E-state index contributed by atoms with van der Waals surface area (Å²) in [5, 5.41) is 20.8. The van der Waals surface area contributed by atoms with Gasteiger partial charge in [-0.3, -0.25) is 0 Å². The Labute approximate surface area is 128 Å². The van der Waals surface area contributed by atoms with Gasteiger partial charge in [0.2, 0.25) is 0 Å². The Balaban J connectivity index is 0.000000236. The van der Waals surface area contributed by atoms with Gasteiger partial charge in [-0.15, -0.1) is 0 Å². The summed E-state index contributed by atoms with van der Waals surface area (Å²) in [6.07, 6.45) is -3.50. The minimum atomic E-state index is -5.08. The second-order valence-electron chi connectivity index (χ2n) is 5.39. The van der Waals surface area contributed by atoms with E-state index in [1.54, 1.807) is 12.3 Å².